The van der Waals surface area contributed by atoms with E-state index in [2.05, 4.69) is 81.5 Å². The molecule has 0 saturated heterocycles. The van der Waals surface area contributed by atoms with Crippen molar-refractivity contribution in [2.24, 2.45) is 0 Å². The van der Waals surface area contributed by atoms with E-state index in [-0.39, 0.29) is 31.1 Å². The Morgan fingerprint density at radius 2 is 0.609 bits per heavy atom. The van der Waals surface area contributed by atoms with Crippen LogP contribution in [0.5, 0.6) is 0 Å². The lowest BCUT2D eigenvalue weighted by molar-refractivity contribution is -0.167. The average molecular weight is 895 g/mol. The number of esters is 3. The van der Waals surface area contributed by atoms with Gasteiger partial charge in [0, 0.05) is 19.3 Å². The van der Waals surface area contributed by atoms with Crippen LogP contribution in [0.1, 0.15) is 271 Å². The summed E-state index contributed by atoms with van der Waals surface area (Å²) in [5.74, 6) is -0.918. The van der Waals surface area contributed by atoms with Crippen LogP contribution < -0.4 is 0 Å². The smallest absolute Gasteiger partial charge is 0.306 e. The van der Waals surface area contributed by atoms with Crippen LogP contribution in [0.25, 0.3) is 0 Å². The Kier molecular flexibility index (Phi) is 50.4. The number of unbranched alkanes of at least 4 members (excludes halogenated alkanes) is 28. The monoisotopic (exact) mass is 895 g/mol. The number of allylic oxidation sites excluding steroid dienone is 10. The molecule has 1 unspecified atom stereocenters. The van der Waals surface area contributed by atoms with Gasteiger partial charge < -0.3 is 14.2 Å². The SMILES string of the molecule is CC/C=C\C/C=C\C/C=C\C/C=C\CCCCCC(=O)OCC(COC(=O)CCCCCCCCCCCCCCCC)OC(=O)CCCCCCC/C=C\CCCCCCCCC. The molecule has 0 aromatic heterocycles. The predicted molar refractivity (Wildman–Crippen MR) is 275 cm³/mol. The molecule has 0 spiro atoms. The molecular weight excluding hydrogens is 793 g/mol. The van der Waals surface area contributed by atoms with E-state index in [9.17, 15) is 14.4 Å². The molecule has 6 nitrogen and oxygen atoms in total. The van der Waals surface area contributed by atoms with E-state index in [1.54, 1.807) is 0 Å². The van der Waals surface area contributed by atoms with Crippen LogP contribution in [0.4, 0.5) is 0 Å². The van der Waals surface area contributed by atoms with Crippen molar-refractivity contribution in [3.63, 3.8) is 0 Å². The Morgan fingerprint density at radius 3 is 0.984 bits per heavy atom. The Morgan fingerprint density at radius 1 is 0.328 bits per heavy atom. The van der Waals surface area contributed by atoms with E-state index >= 15 is 0 Å². The van der Waals surface area contributed by atoms with E-state index in [0.29, 0.717) is 19.3 Å². The second-order valence-electron chi connectivity index (χ2n) is 18.1. The van der Waals surface area contributed by atoms with Crippen molar-refractivity contribution in [2.45, 2.75) is 277 Å². The van der Waals surface area contributed by atoms with Gasteiger partial charge in [-0.2, -0.15) is 0 Å². The first-order valence-corrected chi connectivity index (χ1v) is 27.3. The molecule has 0 rings (SSSR count). The zero-order valence-electron chi connectivity index (χ0n) is 42.3. The third-order valence-corrected chi connectivity index (χ3v) is 11.8. The highest BCUT2D eigenvalue weighted by Crippen LogP contribution is 2.15. The normalized spacial score (nSPS) is 12.5. The Bertz CT molecular complexity index is 1170. The van der Waals surface area contributed by atoms with Crippen molar-refractivity contribution in [1.29, 1.82) is 0 Å². The molecule has 0 amide bonds. The van der Waals surface area contributed by atoms with Crippen LogP contribution in [-0.4, -0.2) is 37.2 Å². The molecule has 0 aliphatic carbocycles. The fourth-order valence-electron chi connectivity index (χ4n) is 7.66. The minimum atomic E-state index is -0.789. The van der Waals surface area contributed by atoms with Crippen molar-refractivity contribution in [3.8, 4) is 0 Å². The molecule has 0 N–H and O–H groups in total. The van der Waals surface area contributed by atoms with E-state index in [4.69, 9.17) is 14.2 Å². The summed E-state index contributed by atoms with van der Waals surface area (Å²) < 4.78 is 16.8. The fraction of sp³-hybridized carbons (Fsp3) is 0.776. The molecule has 0 fully saturated rings. The van der Waals surface area contributed by atoms with Gasteiger partial charge in [-0.15, -0.1) is 0 Å². The van der Waals surface area contributed by atoms with Crippen LogP contribution in [0, 0.1) is 0 Å². The number of carbonyl (C=O) groups excluding carboxylic acids is 3. The summed E-state index contributed by atoms with van der Waals surface area (Å²) in [4.78, 5) is 38.1. The zero-order valence-corrected chi connectivity index (χ0v) is 42.3. The maximum atomic E-state index is 12.8. The highest BCUT2D eigenvalue weighted by Gasteiger charge is 2.19. The second-order valence-corrected chi connectivity index (χ2v) is 18.1. The second kappa shape index (κ2) is 52.7. The molecule has 6 heteroatoms. The first-order chi connectivity index (χ1) is 31.5. The molecule has 370 valence electrons. The van der Waals surface area contributed by atoms with Crippen LogP contribution >= 0.6 is 0 Å². The molecule has 0 aliphatic heterocycles. The van der Waals surface area contributed by atoms with Crippen molar-refractivity contribution < 1.29 is 28.6 Å². The Hall–Kier alpha value is -2.89. The van der Waals surface area contributed by atoms with Crippen LogP contribution in [0.3, 0.4) is 0 Å². The molecule has 0 radical (unpaired) electrons. The van der Waals surface area contributed by atoms with Crippen molar-refractivity contribution >= 4 is 17.9 Å². The summed E-state index contributed by atoms with van der Waals surface area (Å²) in [6, 6.07) is 0. The van der Waals surface area contributed by atoms with Gasteiger partial charge in [-0.25, -0.2) is 0 Å². The maximum absolute atomic E-state index is 12.8. The number of hydrogen-bond acceptors (Lipinski definition) is 6. The summed E-state index contributed by atoms with van der Waals surface area (Å²) in [6.07, 6.45) is 64.9. The standard InChI is InChI=1S/C58H102O6/c1-4-7-10-13-16-19-22-25-28-30-33-36-39-42-45-48-51-57(60)63-54-55(53-62-56(59)50-47-44-41-38-35-32-27-24-21-18-15-12-9-6-3)64-58(61)52-49-46-43-40-37-34-31-29-26-23-20-17-14-11-8-5-2/h7,10,16,19,25,28-29,31,33,36,55H,4-6,8-9,11-15,17-18,20-24,26-27,30,32,34-35,37-54H2,1-3H3/b10-7-,19-16-,28-25-,31-29-,36-33-. The summed E-state index contributed by atoms with van der Waals surface area (Å²) >= 11 is 0. The van der Waals surface area contributed by atoms with Gasteiger partial charge in [0.05, 0.1) is 0 Å². The van der Waals surface area contributed by atoms with E-state index < -0.39 is 6.10 Å². The van der Waals surface area contributed by atoms with Gasteiger partial charge in [-0.05, 0) is 83.5 Å². The van der Waals surface area contributed by atoms with Gasteiger partial charge in [0.2, 0.25) is 0 Å². The summed E-state index contributed by atoms with van der Waals surface area (Å²) in [7, 11) is 0. The summed E-state index contributed by atoms with van der Waals surface area (Å²) in [5.41, 5.74) is 0. The molecule has 0 saturated carbocycles. The van der Waals surface area contributed by atoms with Crippen LogP contribution in [0.2, 0.25) is 0 Å². The number of rotatable bonds is 49. The predicted octanol–water partition coefficient (Wildman–Crippen LogP) is 18.0. The highest BCUT2D eigenvalue weighted by atomic mass is 16.6. The molecular formula is C58H102O6. The first kappa shape index (κ1) is 61.1. The van der Waals surface area contributed by atoms with Crippen molar-refractivity contribution in [3.05, 3.63) is 60.8 Å². The summed E-state index contributed by atoms with van der Waals surface area (Å²) in [6.45, 7) is 6.51. The van der Waals surface area contributed by atoms with E-state index in [1.807, 2.05) is 0 Å². The van der Waals surface area contributed by atoms with Crippen molar-refractivity contribution in [1.82, 2.24) is 0 Å². The van der Waals surface area contributed by atoms with Gasteiger partial charge in [0.1, 0.15) is 13.2 Å². The minimum Gasteiger partial charge on any atom is -0.462 e. The molecule has 0 heterocycles. The minimum absolute atomic E-state index is 0.0855. The number of ether oxygens (including phenoxy) is 3. The third kappa shape index (κ3) is 50.1. The average Bonchev–Trinajstić information content (AvgIpc) is 3.29. The molecule has 0 aromatic rings. The van der Waals surface area contributed by atoms with Gasteiger partial charge in [-0.3, -0.25) is 14.4 Å². The third-order valence-electron chi connectivity index (χ3n) is 11.8. The van der Waals surface area contributed by atoms with Gasteiger partial charge >= 0.3 is 17.9 Å². The number of carbonyl (C=O) groups is 3. The van der Waals surface area contributed by atoms with Crippen molar-refractivity contribution in [2.75, 3.05) is 13.2 Å². The fourth-order valence-corrected chi connectivity index (χ4v) is 7.66. The summed E-state index contributed by atoms with van der Waals surface area (Å²) in [5, 5.41) is 0. The number of hydrogen-bond donors (Lipinski definition) is 0. The van der Waals surface area contributed by atoms with Gasteiger partial charge in [-0.1, -0.05) is 229 Å². The zero-order chi connectivity index (χ0) is 46.5. The van der Waals surface area contributed by atoms with E-state index in [1.165, 1.54) is 128 Å². The molecule has 1 atom stereocenters. The lowest BCUT2D eigenvalue weighted by Gasteiger charge is -2.18. The first-order valence-electron chi connectivity index (χ1n) is 27.3. The Balaban J connectivity index is 4.43. The van der Waals surface area contributed by atoms with Crippen LogP contribution in [0.15, 0.2) is 60.8 Å². The highest BCUT2D eigenvalue weighted by molar-refractivity contribution is 5.71. The largest absolute Gasteiger partial charge is 0.462 e. The van der Waals surface area contributed by atoms with Gasteiger partial charge in [0.15, 0.2) is 6.10 Å². The van der Waals surface area contributed by atoms with E-state index in [0.717, 1.165) is 103 Å². The topological polar surface area (TPSA) is 78.9 Å². The maximum Gasteiger partial charge on any atom is 0.306 e. The molecule has 64 heavy (non-hydrogen) atoms. The molecule has 0 bridgehead atoms. The molecule has 0 aromatic carbocycles. The van der Waals surface area contributed by atoms with Crippen LogP contribution in [-0.2, 0) is 28.6 Å². The lowest BCUT2D eigenvalue weighted by Crippen LogP contribution is -2.30. The lowest BCUT2D eigenvalue weighted by atomic mass is 10.0. The quantitative estimate of drug-likeness (QED) is 0.0262. The Labute approximate surface area is 396 Å². The molecule has 0 aliphatic rings. The van der Waals surface area contributed by atoms with Gasteiger partial charge in [0.25, 0.3) is 0 Å².